The fraction of sp³-hybridized carbons (Fsp3) is 0. The van der Waals surface area contributed by atoms with Crippen LogP contribution in [0, 0.1) is 5.82 Å². The van der Waals surface area contributed by atoms with Gasteiger partial charge in [0.15, 0.2) is 0 Å². The van der Waals surface area contributed by atoms with Crippen molar-refractivity contribution in [3.63, 3.8) is 0 Å². The molecule has 1 heterocycles. The Hall–Kier alpha value is -3.87. The van der Waals surface area contributed by atoms with Crippen molar-refractivity contribution in [1.82, 2.24) is 10.4 Å². The fourth-order valence-electron chi connectivity index (χ4n) is 2.26. The van der Waals surface area contributed by atoms with Crippen LogP contribution in [-0.4, -0.2) is 23.0 Å². The van der Waals surface area contributed by atoms with Gasteiger partial charge in [-0.25, -0.2) is 9.82 Å². The van der Waals surface area contributed by atoms with E-state index in [1.54, 1.807) is 42.6 Å². The predicted octanol–water partition coefficient (Wildman–Crippen LogP) is 3.24. The van der Waals surface area contributed by atoms with E-state index in [9.17, 15) is 14.0 Å². The number of rotatable bonds is 5. The second kappa shape index (κ2) is 8.48. The molecule has 0 atom stereocenters. The first kappa shape index (κ1) is 17.9. The Kier molecular flexibility index (Phi) is 5.64. The van der Waals surface area contributed by atoms with Crippen molar-refractivity contribution in [2.75, 3.05) is 5.32 Å². The molecule has 3 rings (SSSR count). The zero-order chi connectivity index (χ0) is 19.1. The molecule has 0 aliphatic carbocycles. The van der Waals surface area contributed by atoms with Crippen molar-refractivity contribution in [3.05, 3.63) is 95.6 Å². The van der Waals surface area contributed by atoms with Gasteiger partial charge in [-0.3, -0.25) is 14.6 Å². The molecule has 1 aromatic heterocycles. The number of benzene rings is 2. The third-order valence-corrected chi connectivity index (χ3v) is 3.59. The Labute approximate surface area is 154 Å². The standard InChI is InChI=1S/C20H15FN4O2/c21-16-9-7-14(8-10-16)12-23-25-20(27)17-5-1-2-6-18(17)24-19(26)15-4-3-11-22-13-15/h1-13H,(H,24,26)(H,25,27). The molecule has 0 spiro atoms. The monoisotopic (exact) mass is 362 g/mol. The van der Waals surface area contributed by atoms with Crippen LogP contribution in [0.25, 0.3) is 0 Å². The summed E-state index contributed by atoms with van der Waals surface area (Å²) in [6.45, 7) is 0. The SMILES string of the molecule is O=C(Nc1ccccc1C(=O)NN=Cc1ccc(F)cc1)c1cccnc1. The second-order valence-electron chi connectivity index (χ2n) is 5.49. The zero-order valence-corrected chi connectivity index (χ0v) is 14.1. The van der Waals surface area contributed by atoms with Gasteiger partial charge in [-0.2, -0.15) is 5.10 Å². The van der Waals surface area contributed by atoms with Gasteiger partial charge in [0, 0.05) is 12.4 Å². The number of carbonyl (C=O) groups is 2. The molecular weight excluding hydrogens is 347 g/mol. The summed E-state index contributed by atoms with van der Waals surface area (Å²) in [6.07, 6.45) is 4.40. The minimum absolute atomic E-state index is 0.256. The largest absolute Gasteiger partial charge is 0.321 e. The van der Waals surface area contributed by atoms with Gasteiger partial charge in [0.25, 0.3) is 11.8 Å². The van der Waals surface area contributed by atoms with Gasteiger partial charge >= 0.3 is 0 Å². The molecule has 0 bridgehead atoms. The van der Waals surface area contributed by atoms with Crippen molar-refractivity contribution in [2.24, 2.45) is 5.10 Å². The quantitative estimate of drug-likeness (QED) is 0.540. The summed E-state index contributed by atoms with van der Waals surface area (Å²) in [7, 11) is 0. The molecule has 0 aliphatic heterocycles. The summed E-state index contributed by atoms with van der Waals surface area (Å²) >= 11 is 0. The molecule has 0 fully saturated rings. The molecule has 7 heteroatoms. The summed E-state index contributed by atoms with van der Waals surface area (Å²) in [5, 5.41) is 6.55. The Morgan fingerprint density at radius 3 is 2.48 bits per heavy atom. The summed E-state index contributed by atoms with van der Waals surface area (Å²) in [6, 6.07) is 15.5. The van der Waals surface area contributed by atoms with Gasteiger partial charge in [-0.15, -0.1) is 0 Å². The summed E-state index contributed by atoms with van der Waals surface area (Å²) in [4.78, 5) is 28.5. The highest BCUT2D eigenvalue weighted by atomic mass is 19.1. The molecule has 0 radical (unpaired) electrons. The highest BCUT2D eigenvalue weighted by Crippen LogP contribution is 2.16. The molecule has 0 saturated carbocycles. The minimum atomic E-state index is -0.490. The molecule has 0 aliphatic rings. The first-order chi connectivity index (χ1) is 13.1. The third kappa shape index (κ3) is 4.82. The van der Waals surface area contributed by atoms with Crippen LogP contribution in [0.2, 0.25) is 0 Å². The van der Waals surface area contributed by atoms with Gasteiger partial charge in [-0.1, -0.05) is 24.3 Å². The van der Waals surface area contributed by atoms with Crippen LogP contribution in [-0.2, 0) is 0 Å². The van der Waals surface area contributed by atoms with E-state index in [0.29, 0.717) is 16.8 Å². The summed E-state index contributed by atoms with van der Waals surface area (Å²) in [5.41, 5.74) is 4.00. The van der Waals surface area contributed by atoms with Crippen LogP contribution < -0.4 is 10.7 Å². The lowest BCUT2D eigenvalue weighted by Crippen LogP contribution is -2.21. The average Bonchev–Trinajstić information content (AvgIpc) is 2.70. The molecule has 2 aromatic carbocycles. The fourth-order valence-corrected chi connectivity index (χ4v) is 2.26. The van der Waals surface area contributed by atoms with Crippen molar-refractivity contribution in [3.8, 4) is 0 Å². The van der Waals surface area contributed by atoms with Crippen LogP contribution in [0.15, 0.2) is 78.2 Å². The number of para-hydroxylation sites is 1. The van der Waals surface area contributed by atoms with Crippen LogP contribution in [0.1, 0.15) is 26.3 Å². The van der Waals surface area contributed by atoms with E-state index in [0.717, 1.165) is 0 Å². The van der Waals surface area contributed by atoms with Crippen LogP contribution in [0.5, 0.6) is 0 Å². The number of amides is 2. The number of hydrazone groups is 1. The van der Waals surface area contributed by atoms with Crippen molar-refractivity contribution < 1.29 is 14.0 Å². The van der Waals surface area contributed by atoms with E-state index in [4.69, 9.17) is 0 Å². The topological polar surface area (TPSA) is 83.5 Å². The maximum absolute atomic E-state index is 12.9. The highest BCUT2D eigenvalue weighted by molar-refractivity contribution is 6.08. The summed E-state index contributed by atoms with van der Waals surface area (Å²) in [5.74, 6) is -1.22. The van der Waals surface area contributed by atoms with Gasteiger partial charge in [0.05, 0.1) is 23.0 Å². The second-order valence-corrected chi connectivity index (χ2v) is 5.49. The molecule has 2 amide bonds. The first-order valence-electron chi connectivity index (χ1n) is 8.03. The smallest absolute Gasteiger partial charge is 0.273 e. The Morgan fingerprint density at radius 1 is 0.963 bits per heavy atom. The number of nitrogens with zero attached hydrogens (tertiary/aromatic N) is 2. The van der Waals surface area contributed by atoms with E-state index < -0.39 is 5.91 Å². The van der Waals surface area contributed by atoms with Crippen molar-refractivity contribution in [2.45, 2.75) is 0 Å². The normalized spacial score (nSPS) is 10.6. The maximum atomic E-state index is 12.9. The van der Waals surface area contributed by atoms with Crippen LogP contribution >= 0.6 is 0 Å². The van der Waals surface area contributed by atoms with E-state index in [2.05, 4.69) is 20.8 Å². The molecule has 134 valence electrons. The van der Waals surface area contributed by atoms with E-state index >= 15 is 0 Å². The van der Waals surface area contributed by atoms with Crippen molar-refractivity contribution >= 4 is 23.7 Å². The number of pyridine rings is 1. The number of hydrogen-bond acceptors (Lipinski definition) is 4. The Morgan fingerprint density at radius 2 is 1.74 bits per heavy atom. The molecule has 0 unspecified atom stereocenters. The number of halogens is 1. The molecule has 27 heavy (non-hydrogen) atoms. The van der Waals surface area contributed by atoms with Gasteiger partial charge in [0.1, 0.15) is 5.82 Å². The van der Waals surface area contributed by atoms with Gasteiger partial charge < -0.3 is 5.32 Å². The molecular formula is C20H15FN4O2. The summed E-state index contributed by atoms with van der Waals surface area (Å²) < 4.78 is 12.9. The van der Waals surface area contributed by atoms with Crippen LogP contribution in [0.3, 0.4) is 0 Å². The molecule has 3 aromatic rings. The lowest BCUT2D eigenvalue weighted by molar-refractivity contribution is 0.0956. The Bertz CT molecular complexity index is 973. The van der Waals surface area contributed by atoms with E-state index in [-0.39, 0.29) is 17.3 Å². The Balaban J connectivity index is 1.70. The van der Waals surface area contributed by atoms with Gasteiger partial charge in [0.2, 0.25) is 0 Å². The van der Waals surface area contributed by atoms with Gasteiger partial charge in [-0.05, 0) is 42.0 Å². The zero-order valence-electron chi connectivity index (χ0n) is 14.1. The highest BCUT2D eigenvalue weighted by Gasteiger charge is 2.13. The number of hydrogen-bond donors (Lipinski definition) is 2. The lowest BCUT2D eigenvalue weighted by Gasteiger charge is -2.09. The van der Waals surface area contributed by atoms with E-state index in [1.165, 1.54) is 36.7 Å². The van der Waals surface area contributed by atoms with E-state index in [1.807, 2.05) is 0 Å². The molecule has 2 N–H and O–H groups in total. The number of nitrogens with one attached hydrogen (secondary N) is 2. The number of carbonyl (C=O) groups excluding carboxylic acids is 2. The molecule has 0 saturated heterocycles. The third-order valence-electron chi connectivity index (χ3n) is 3.59. The maximum Gasteiger partial charge on any atom is 0.273 e. The first-order valence-corrected chi connectivity index (χ1v) is 8.03. The number of aromatic nitrogens is 1. The predicted molar refractivity (Wildman–Crippen MR) is 100 cm³/mol. The average molecular weight is 362 g/mol. The number of anilines is 1. The molecule has 6 nitrogen and oxygen atoms in total. The minimum Gasteiger partial charge on any atom is -0.321 e. The van der Waals surface area contributed by atoms with Crippen LogP contribution in [0.4, 0.5) is 10.1 Å². The van der Waals surface area contributed by atoms with Crippen molar-refractivity contribution in [1.29, 1.82) is 0 Å². The lowest BCUT2D eigenvalue weighted by atomic mass is 10.1.